The molecule has 0 saturated carbocycles. The summed E-state index contributed by atoms with van der Waals surface area (Å²) in [5.41, 5.74) is -0.00707. The Morgan fingerprint density at radius 1 is 1.52 bits per heavy atom. The van der Waals surface area contributed by atoms with Crippen LogP contribution in [0.4, 0.5) is 5.69 Å². The Kier molecular flexibility index (Phi) is 4.49. The van der Waals surface area contributed by atoms with Gasteiger partial charge in [0.1, 0.15) is 0 Å². The van der Waals surface area contributed by atoms with E-state index in [2.05, 4.69) is 0 Å². The number of Topliss-reactive ketones (excluding diaryl/α,β-unsaturated/α-hetero) is 1. The lowest BCUT2D eigenvalue weighted by molar-refractivity contribution is -0.385. The zero-order valence-corrected chi connectivity index (χ0v) is 12.1. The van der Waals surface area contributed by atoms with Gasteiger partial charge in [-0.25, -0.2) is 0 Å². The van der Waals surface area contributed by atoms with Gasteiger partial charge in [0, 0.05) is 23.2 Å². The largest absolute Gasteiger partial charge is 0.487 e. The molecule has 0 bridgehead atoms. The SMILES string of the molecule is CCOc1ccc(C(=O)Cn2ccsc2=N)cc1[N+](=O)[O-]. The van der Waals surface area contributed by atoms with Crippen molar-refractivity contribution < 1.29 is 14.5 Å². The van der Waals surface area contributed by atoms with Gasteiger partial charge in [-0.15, -0.1) is 11.3 Å². The maximum Gasteiger partial charge on any atom is 0.311 e. The van der Waals surface area contributed by atoms with Crippen molar-refractivity contribution in [3.05, 3.63) is 50.3 Å². The molecule has 0 aliphatic carbocycles. The molecule has 0 spiro atoms. The Hall–Kier alpha value is -2.48. The summed E-state index contributed by atoms with van der Waals surface area (Å²) in [4.78, 5) is 22.8. The van der Waals surface area contributed by atoms with Crippen LogP contribution in [-0.4, -0.2) is 21.9 Å². The first-order valence-electron chi connectivity index (χ1n) is 6.16. The molecule has 1 aromatic heterocycles. The number of ketones is 1. The van der Waals surface area contributed by atoms with Gasteiger partial charge in [-0.1, -0.05) is 0 Å². The van der Waals surface area contributed by atoms with Crippen LogP contribution < -0.4 is 9.54 Å². The summed E-state index contributed by atoms with van der Waals surface area (Å²) in [5, 5.41) is 20.3. The number of nitro groups is 1. The topological polar surface area (TPSA) is 98.2 Å². The van der Waals surface area contributed by atoms with Crippen LogP contribution in [0.1, 0.15) is 17.3 Å². The fraction of sp³-hybridized carbons (Fsp3) is 0.231. The molecule has 7 nitrogen and oxygen atoms in total. The van der Waals surface area contributed by atoms with Gasteiger partial charge in [0.25, 0.3) is 0 Å². The highest BCUT2D eigenvalue weighted by molar-refractivity contribution is 7.06. The third-order valence-corrected chi connectivity index (χ3v) is 3.49. The number of nitrogens with one attached hydrogen (secondary N) is 1. The molecule has 0 aliphatic rings. The van der Waals surface area contributed by atoms with Crippen LogP contribution in [0.25, 0.3) is 0 Å². The van der Waals surface area contributed by atoms with E-state index in [0.717, 1.165) is 0 Å². The van der Waals surface area contributed by atoms with Crippen molar-refractivity contribution >= 4 is 22.8 Å². The Morgan fingerprint density at radius 2 is 2.29 bits per heavy atom. The highest BCUT2D eigenvalue weighted by Gasteiger charge is 2.18. The van der Waals surface area contributed by atoms with Gasteiger partial charge in [0.2, 0.25) is 0 Å². The second kappa shape index (κ2) is 6.31. The van der Waals surface area contributed by atoms with Crippen LogP contribution in [0.5, 0.6) is 5.75 Å². The first-order chi connectivity index (χ1) is 10.0. The lowest BCUT2D eigenvalue weighted by atomic mass is 10.1. The van der Waals surface area contributed by atoms with Crippen molar-refractivity contribution in [1.82, 2.24) is 4.57 Å². The maximum atomic E-state index is 12.1. The molecule has 1 N–H and O–H groups in total. The molecule has 8 heteroatoms. The molecule has 1 aromatic carbocycles. The standard InChI is InChI=1S/C13H13N3O4S/c1-2-20-12-4-3-9(7-10(12)16(18)19)11(17)8-15-5-6-21-13(15)14/h3-7,14H,2,8H2,1H3. The Morgan fingerprint density at radius 3 is 2.86 bits per heavy atom. The minimum Gasteiger partial charge on any atom is -0.487 e. The van der Waals surface area contributed by atoms with Gasteiger partial charge in [-0.05, 0) is 19.1 Å². The first-order valence-corrected chi connectivity index (χ1v) is 7.04. The van der Waals surface area contributed by atoms with Crippen molar-refractivity contribution in [3.63, 3.8) is 0 Å². The smallest absolute Gasteiger partial charge is 0.311 e. The van der Waals surface area contributed by atoms with Gasteiger partial charge < -0.3 is 9.30 Å². The molecule has 2 rings (SSSR count). The quantitative estimate of drug-likeness (QED) is 0.502. The molecule has 0 saturated heterocycles. The van der Waals surface area contributed by atoms with E-state index in [1.54, 1.807) is 18.5 Å². The lowest BCUT2D eigenvalue weighted by Crippen LogP contribution is -2.18. The Labute approximate surface area is 124 Å². The predicted octanol–water partition coefficient (Wildman–Crippen LogP) is 2.22. The fourth-order valence-corrected chi connectivity index (χ4v) is 2.38. The molecule has 2 aromatic rings. The summed E-state index contributed by atoms with van der Waals surface area (Å²) >= 11 is 1.21. The zero-order chi connectivity index (χ0) is 15.4. The minimum atomic E-state index is -0.574. The summed E-state index contributed by atoms with van der Waals surface area (Å²) in [6.45, 7) is 2.01. The van der Waals surface area contributed by atoms with Gasteiger partial charge in [-0.3, -0.25) is 20.3 Å². The van der Waals surface area contributed by atoms with Gasteiger partial charge in [0.15, 0.2) is 16.3 Å². The third kappa shape index (κ3) is 3.34. The van der Waals surface area contributed by atoms with E-state index in [-0.39, 0.29) is 34.1 Å². The number of aromatic nitrogens is 1. The number of benzene rings is 1. The van der Waals surface area contributed by atoms with Gasteiger partial charge >= 0.3 is 5.69 Å². The van der Waals surface area contributed by atoms with E-state index < -0.39 is 4.92 Å². The van der Waals surface area contributed by atoms with Crippen molar-refractivity contribution in [2.75, 3.05) is 6.61 Å². The minimum absolute atomic E-state index is 0.0204. The summed E-state index contributed by atoms with van der Waals surface area (Å²) in [7, 11) is 0. The highest BCUT2D eigenvalue weighted by Crippen LogP contribution is 2.28. The average Bonchev–Trinajstić information content (AvgIpc) is 2.84. The van der Waals surface area contributed by atoms with E-state index in [1.807, 2.05) is 0 Å². The zero-order valence-electron chi connectivity index (χ0n) is 11.2. The van der Waals surface area contributed by atoms with Crippen LogP contribution in [0.2, 0.25) is 0 Å². The molecule has 1 heterocycles. The van der Waals surface area contributed by atoms with Crippen LogP contribution in [0.15, 0.2) is 29.8 Å². The second-order valence-electron chi connectivity index (χ2n) is 4.13. The predicted molar refractivity (Wildman–Crippen MR) is 76.8 cm³/mol. The number of rotatable bonds is 6. The van der Waals surface area contributed by atoms with E-state index in [4.69, 9.17) is 10.1 Å². The Bertz CT molecular complexity index is 735. The molecular formula is C13H13N3O4S. The third-order valence-electron chi connectivity index (χ3n) is 2.77. The van der Waals surface area contributed by atoms with E-state index in [9.17, 15) is 14.9 Å². The number of thiazole rings is 1. The van der Waals surface area contributed by atoms with E-state index >= 15 is 0 Å². The second-order valence-corrected chi connectivity index (χ2v) is 5.03. The van der Waals surface area contributed by atoms with Crippen LogP contribution in [0, 0.1) is 15.5 Å². The van der Waals surface area contributed by atoms with Crippen molar-refractivity contribution in [2.24, 2.45) is 0 Å². The van der Waals surface area contributed by atoms with Crippen LogP contribution in [-0.2, 0) is 6.54 Å². The van der Waals surface area contributed by atoms with E-state index in [1.165, 1.54) is 34.1 Å². The molecule has 110 valence electrons. The van der Waals surface area contributed by atoms with Crippen LogP contribution in [0.3, 0.4) is 0 Å². The average molecular weight is 307 g/mol. The molecule has 0 amide bonds. The fourth-order valence-electron chi connectivity index (χ4n) is 1.79. The number of carbonyl (C=O) groups excluding carboxylic acids is 1. The number of ether oxygens (including phenoxy) is 1. The number of carbonyl (C=O) groups is 1. The summed E-state index contributed by atoms with van der Waals surface area (Å²) in [5.74, 6) is -0.151. The molecule has 0 fully saturated rings. The number of nitro benzene ring substituents is 1. The van der Waals surface area contributed by atoms with Crippen molar-refractivity contribution in [1.29, 1.82) is 5.41 Å². The van der Waals surface area contributed by atoms with Gasteiger partial charge in [0.05, 0.1) is 18.1 Å². The monoisotopic (exact) mass is 307 g/mol. The van der Waals surface area contributed by atoms with Crippen molar-refractivity contribution in [3.8, 4) is 5.75 Å². The normalized spacial score (nSPS) is 10.3. The number of hydrogen-bond acceptors (Lipinski definition) is 6. The molecular weight excluding hydrogens is 294 g/mol. The lowest BCUT2D eigenvalue weighted by Gasteiger charge is -2.06. The van der Waals surface area contributed by atoms with E-state index in [0.29, 0.717) is 6.61 Å². The highest BCUT2D eigenvalue weighted by atomic mass is 32.1. The summed E-state index contributed by atoms with van der Waals surface area (Å²) in [6.07, 6.45) is 1.63. The number of hydrogen-bond donors (Lipinski definition) is 1. The molecule has 0 atom stereocenters. The van der Waals surface area contributed by atoms with Crippen LogP contribution >= 0.6 is 11.3 Å². The van der Waals surface area contributed by atoms with Gasteiger partial charge in [-0.2, -0.15) is 0 Å². The molecule has 0 radical (unpaired) electrons. The Balaban J connectivity index is 2.29. The molecule has 0 unspecified atom stereocenters. The van der Waals surface area contributed by atoms with Crippen molar-refractivity contribution in [2.45, 2.75) is 13.5 Å². The molecule has 21 heavy (non-hydrogen) atoms. The summed E-state index contributed by atoms with van der Waals surface area (Å²) in [6, 6.07) is 4.13. The number of nitrogens with zero attached hydrogens (tertiary/aromatic N) is 2. The first kappa shape index (κ1) is 14.9. The summed E-state index contributed by atoms with van der Waals surface area (Å²) < 4.78 is 6.65. The maximum absolute atomic E-state index is 12.1. The molecule has 0 aliphatic heterocycles.